The van der Waals surface area contributed by atoms with Crippen LogP contribution in [0.5, 0.6) is 0 Å². The average molecular weight is 267 g/mol. The lowest BCUT2D eigenvalue weighted by Gasteiger charge is -2.20. The molecule has 0 aliphatic carbocycles. The molecule has 1 saturated heterocycles. The number of benzene rings is 1. The summed E-state index contributed by atoms with van der Waals surface area (Å²) < 4.78 is 22.8. The summed E-state index contributed by atoms with van der Waals surface area (Å²) in [6, 6.07) is 7.61. The largest absolute Gasteiger partial charge is 0.315 e. The van der Waals surface area contributed by atoms with Crippen LogP contribution in [0.3, 0.4) is 0 Å². The predicted molar refractivity (Wildman–Crippen MR) is 71.3 cm³/mol. The molecule has 0 saturated carbocycles. The number of hydrogen-bond acceptors (Lipinski definition) is 3. The van der Waals surface area contributed by atoms with Gasteiger partial charge in [-0.1, -0.05) is 17.7 Å². The molecule has 1 fully saturated rings. The molecule has 0 bridgehead atoms. The average Bonchev–Trinajstić information content (AvgIpc) is 2.69. The molecule has 0 radical (unpaired) electrons. The molecule has 1 amide bonds. The molecule has 1 aromatic rings. The van der Waals surface area contributed by atoms with Gasteiger partial charge >= 0.3 is 0 Å². The second-order valence-electron chi connectivity index (χ2n) is 4.83. The quantitative estimate of drug-likeness (QED) is 0.813. The van der Waals surface area contributed by atoms with Gasteiger partial charge in [0.05, 0.1) is 17.4 Å². The Morgan fingerprint density at radius 2 is 1.89 bits per heavy atom. The molecule has 1 heterocycles. The van der Waals surface area contributed by atoms with Gasteiger partial charge in [0.2, 0.25) is 5.91 Å². The summed E-state index contributed by atoms with van der Waals surface area (Å²) >= 11 is 0. The standard InChI is InChI=1S/C13H17NO3S/c1-10-3-5-12(6-4-10)14(2)13(15)11-7-8-18(16,17)9-11/h3-6,11H,7-9H2,1-2H3. The highest BCUT2D eigenvalue weighted by Gasteiger charge is 2.34. The van der Waals surface area contributed by atoms with E-state index in [1.165, 1.54) is 0 Å². The van der Waals surface area contributed by atoms with E-state index in [0.717, 1.165) is 11.3 Å². The number of sulfone groups is 1. The van der Waals surface area contributed by atoms with Gasteiger partial charge in [-0.05, 0) is 25.5 Å². The van der Waals surface area contributed by atoms with Crippen LogP contribution in [0.2, 0.25) is 0 Å². The van der Waals surface area contributed by atoms with Crippen molar-refractivity contribution >= 4 is 21.4 Å². The van der Waals surface area contributed by atoms with Gasteiger partial charge in [-0.3, -0.25) is 4.79 Å². The molecule has 98 valence electrons. The lowest BCUT2D eigenvalue weighted by atomic mass is 10.1. The van der Waals surface area contributed by atoms with Gasteiger partial charge in [0.1, 0.15) is 0 Å². The van der Waals surface area contributed by atoms with E-state index in [1.54, 1.807) is 11.9 Å². The third-order valence-corrected chi connectivity index (χ3v) is 5.10. The first kappa shape index (κ1) is 13.1. The fourth-order valence-corrected chi connectivity index (χ4v) is 3.89. The highest BCUT2D eigenvalue weighted by Crippen LogP contribution is 2.23. The van der Waals surface area contributed by atoms with Gasteiger partial charge in [-0.2, -0.15) is 0 Å². The van der Waals surface area contributed by atoms with Crippen molar-refractivity contribution in [2.24, 2.45) is 5.92 Å². The van der Waals surface area contributed by atoms with Gasteiger partial charge < -0.3 is 4.90 Å². The Morgan fingerprint density at radius 1 is 1.28 bits per heavy atom. The second kappa shape index (κ2) is 4.72. The van der Waals surface area contributed by atoms with Crippen LogP contribution in [0, 0.1) is 12.8 Å². The Balaban J connectivity index is 2.12. The summed E-state index contributed by atoms with van der Waals surface area (Å²) in [5.74, 6) is -0.381. The minimum Gasteiger partial charge on any atom is -0.315 e. The first-order valence-electron chi connectivity index (χ1n) is 5.94. The number of anilines is 1. The zero-order valence-corrected chi connectivity index (χ0v) is 11.4. The predicted octanol–water partition coefficient (Wildman–Crippen LogP) is 1.39. The van der Waals surface area contributed by atoms with Gasteiger partial charge in [-0.15, -0.1) is 0 Å². The fourth-order valence-electron chi connectivity index (χ4n) is 2.16. The van der Waals surface area contributed by atoms with E-state index in [9.17, 15) is 13.2 Å². The number of rotatable bonds is 2. The molecule has 0 N–H and O–H groups in total. The van der Waals surface area contributed by atoms with E-state index in [4.69, 9.17) is 0 Å². The topological polar surface area (TPSA) is 54.5 Å². The normalized spacial score (nSPS) is 21.8. The fraction of sp³-hybridized carbons (Fsp3) is 0.462. The summed E-state index contributed by atoms with van der Waals surface area (Å²) in [7, 11) is -1.32. The number of aryl methyl sites for hydroxylation is 1. The third kappa shape index (κ3) is 2.72. The number of carbonyl (C=O) groups is 1. The van der Waals surface area contributed by atoms with E-state index >= 15 is 0 Å². The summed E-state index contributed by atoms with van der Waals surface area (Å²) in [5.41, 5.74) is 1.93. The first-order chi connectivity index (χ1) is 8.39. The van der Waals surface area contributed by atoms with Crippen LogP contribution in [0.4, 0.5) is 5.69 Å². The lowest BCUT2D eigenvalue weighted by molar-refractivity contribution is -0.121. The number of amides is 1. The van der Waals surface area contributed by atoms with Crippen molar-refractivity contribution in [3.63, 3.8) is 0 Å². The lowest BCUT2D eigenvalue weighted by Crippen LogP contribution is -2.33. The molecule has 1 aliphatic rings. The zero-order chi connectivity index (χ0) is 13.3. The van der Waals surface area contributed by atoms with Crippen molar-refractivity contribution in [1.82, 2.24) is 0 Å². The Bertz CT molecular complexity index is 548. The van der Waals surface area contributed by atoms with Crippen molar-refractivity contribution in [1.29, 1.82) is 0 Å². The summed E-state index contributed by atoms with van der Waals surface area (Å²) in [4.78, 5) is 13.7. The maximum Gasteiger partial charge on any atom is 0.230 e. The minimum atomic E-state index is -3.01. The number of nitrogens with zero attached hydrogens (tertiary/aromatic N) is 1. The zero-order valence-electron chi connectivity index (χ0n) is 10.6. The van der Waals surface area contributed by atoms with E-state index in [-0.39, 0.29) is 23.3 Å². The maximum absolute atomic E-state index is 12.2. The summed E-state index contributed by atoms with van der Waals surface area (Å²) in [5, 5.41) is 0. The van der Waals surface area contributed by atoms with Crippen molar-refractivity contribution in [2.75, 3.05) is 23.5 Å². The third-order valence-electron chi connectivity index (χ3n) is 3.33. The van der Waals surface area contributed by atoms with E-state index in [2.05, 4.69) is 0 Å². The van der Waals surface area contributed by atoms with Crippen LogP contribution in [-0.2, 0) is 14.6 Å². The molecule has 1 atom stereocenters. The van der Waals surface area contributed by atoms with Gasteiger partial charge in [-0.25, -0.2) is 8.42 Å². The SMILES string of the molecule is Cc1ccc(N(C)C(=O)C2CCS(=O)(=O)C2)cc1. The van der Waals surface area contributed by atoms with Crippen molar-refractivity contribution in [3.8, 4) is 0 Å². The molecule has 5 heteroatoms. The Labute approximate surface area is 108 Å². The highest BCUT2D eigenvalue weighted by molar-refractivity contribution is 7.91. The molecular weight excluding hydrogens is 250 g/mol. The monoisotopic (exact) mass is 267 g/mol. The van der Waals surface area contributed by atoms with Crippen LogP contribution in [-0.4, -0.2) is 32.9 Å². The maximum atomic E-state index is 12.2. The Kier molecular flexibility index (Phi) is 3.43. The molecule has 2 rings (SSSR count). The summed E-state index contributed by atoms with van der Waals surface area (Å²) in [6.07, 6.45) is 0.442. The van der Waals surface area contributed by atoms with Crippen LogP contribution in [0.15, 0.2) is 24.3 Å². The van der Waals surface area contributed by atoms with Crippen molar-refractivity contribution in [2.45, 2.75) is 13.3 Å². The molecule has 0 aromatic heterocycles. The van der Waals surface area contributed by atoms with Gasteiger partial charge in [0.15, 0.2) is 9.84 Å². The highest BCUT2D eigenvalue weighted by atomic mass is 32.2. The smallest absolute Gasteiger partial charge is 0.230 e. The Morgan fingerprint density at radius 3 is 2.39 bits per heavy atom. The van der Waals surface area contributed by atoms with E-state index in [0.29, 0.717) is 6.42 Å². The number of hydrogen-bond donors (Lipinski definition) is 0. The minimum absolute atomic E-state index is 0.0119. The molecule has 18 heavy (non-hydrogen) atoms. The van der Waals surface area contributed by atoms with E-state index < -0.39 is 9.84 Å². The van der Waals surface area contributed by atoms with Crippen LogP contribution in [0.25, 0.3) is 0 Å². The van der Waals surface area contributed by atoms with Crippen LogP contribution in [0.1, 0.15) is 12.0 Å². The molecule has 0 spiro atoms. The van der Waals surface area contributed by atoms with E-state index in [1.807, 2.05) is 31.2 Å². The molecule has 1 unspecified atom stereocenters. The second-order valence-corrected chi connectivity index (χ2v) is 7.06. The van der Waals surface area contributed by atoms with Crippen molar-refractivity contribution in [3.05, 3.63) is 29.8 Å². The van der Waals surface area contributed by atoms with Crippen molar-refractivity contribution < 1.29 is 13.2 Å². The van der Waals surface area contributed by atoms with Gasteiger partial charge in [0.25, 0.3) is 0 Å². The van der Waals surface area contributed by atoms with Crippen LogP contribution < -0.4 is 4.90 Å². The molecular formula is C13H17NO3S. The Hall–Kier alpha value is -1.36. The van der Waals surface area contributed by atoms with Crippen LogP contribution >= 0.6 is 0 Å². The molecule has 1 aliphatic heterocycles. The molecule has 1 aromatic carbocycles. The molecule has 4 nitrogen and oxygen atoms in total. The number of carbonyl (C=O) groups excluding carboxylic acids is 1. The van der Waals surface area contributed by atoms with Gasteiger partial charge in [0, 0.05) is 12.7 Å². The first-order valence-corrected chi connectivity index (χ1v) is 7.76. The summed E-state index contributed by atoms with van der Waals surface area (Å²) in [6.45, 7) is 1.98.